The van der Waals surface area contributed by atoms with Crippen molar-refractivity contribution in [3.8, 4) is 6.07 Å². The number of rotatable bonds is 3. The lowest BCUT2D eigenvalue weighted by Crippen LogP contribution is -2.41. The predicted octanol–water partition coefficient (Wildman–Crippen LogP) is 2.92. The van der Waals surface area contributed by atoms with Crippen molar-refractivity contribution >= 4 is 17.3 Å². The summed E-state index contributed by atoms with van der Waals surface area (Å²) >= 11 is 6.10. The average Bonchev–Trinajstić information content (AvgIpc) is 2.39. The first-order valence-corrected chi connectivity index (χ1v) is 6.81. The summed E-state index contributed by atoms with van der Waals surface area (Å²) in [4.78, 5) is 2.31. The largest absolute Gasteiger partial charge is 0.367 e. The van der Waals surface area contributed by atoms with Gasteiger partial charge in [-0.05, 0) is 44.4 Å². The number of nitriles is 1. The molecule has 0 amide bonds. The quantitative estimate of drug-likeness (QED) is 0.912. The van der Waals surface area contributed by atoms with Gasteiger partial charge in [-0.25, -0.2) is 0 Å². The van der Waals surface area contributed by atoms with Crippen LogP contribution in [0.15, 0.2) is 18.2 Å². The highest BCUT2D eigenvalue weighted by atomic mass is 35.5. The van der Waals surface area contributed by atoms with Crippen molar-refractivity contribution in [2.75, 3.05) is 18.0 Å². The van der Waals surface area contributed by atoms with E-state index in [1.54, 1.807) is 6.07 Å². The van der Waals surface area contributed by atoms with Gasteiger partial charge < -0.3 is 10.6 Å². The van der Waals surface area contributed by atoms with Crippen molar-refractivity contribution in [1.29, 1.82) is 5.26 Å². The van der Waals surface area contributed by atoms with Crippen molar-refractivity contribution in [2.24, 2.45) is 5.73 Å². The SMILES string of the molecule is N#Cc1c(Cl)cccc1N1CCCCC1CCN. The summed E-state index contributed by atoms with van der Waals surface area (Å²) in [6.45, 7) is 1.67. The van der Waals surface area contributed by atoms with Gasteiger partial charge in [-0.1, -0.05) is 17.7 Å². The third kappa shape index (κ3) is 2.60. The van der Waals surface area contributed by atoms with Gasteiger partial charge in [-0.15, -0.1) is 0 Å². The Kier molecular flexibility index (Phi) is 4.46. The van der Waals surface area contributed by atoms with Gasteiger partial charge in [-0.2, -0.15) is 5.26 Å². The first-order valence-electron chi connectivity index (χ1n) is 6.43. The minimum Gasteiger partial charge on any atom is -0.367 e. The van der Waals surface area contributed by atoms with Crippen molar-refractivity contribution in [1.82, 2.24) is 0 Å². The maximum Gasteiger partial charge on any atom is 0.103 e. The van der Waals surface area contributed by atoms with Gasteiger partial charge in [0.25, 0.3) is 0 Å². The number of hydrogen-bond donors (Lipinski definition) is 1. The lowest BCUT2D eigenvalue weighted by molar-refractivity contribution is 0.441. The fourth-order valence-electron chi connectivity index (χ4n) is 2.67. The summed E-state index contributed by atoms with van der Waals surface area (Å²) in [5.41, 5.74) is 7.23. The molecule has 2 rings (SSSR count). The molecule has 0 aromatic heterocycles. The second-order valence-electron chi connectivity index (χ2n) is 4.67. The summed E-state index contributed by atoms with van der Waals surface area (Å²) in [6, 6.07) is 8.32. The molecule has 18 heavy (non-hydrogen) atoms. The van der Waals surface area contributed by atoms with E-state index in [0.717, 1.165) is 25.1 Å². The molecule has 0 bridgehead atoms. The molecular weight excluding hydrogens is 246 g/mol. The molecule has 1 aliphatic rings. The van der Waals surface area contributed by atoms with E-state index in [9.17, 15) is 5.26 Å². The fraction of sp³-hybridized carbons (Fsp3) is 0.500. The Morgan fingerprint density at radius 3 is 3.00 bits per heavy atom. The topological polar surface area (TPSA) is 53.0 Å². The molecule has 1 fully saturated rings. The number of benzene rings is 1. The Bertz CT molecular complexity index is 451. The van der Waals surface area contributed by atoms with E-state index in [-0.39, 0.29) is 0 Å². The van der Waals surface area contributed by atoms with Crippen LogP contribution < -0.4 is 10.6 Å². The van der Waals surface area contributed by atoms with E-state index < -0.39 is 0 Å². The van der Waals surface area contributed by atoms with E-state index in [2.05, 4.69) is 11.0 Å². The van der Waals surface area contributed by atoms with Gasteiger partial charge in [0, 0.05) is 12.6 Å². The molecule has 2 N–H and O–H groups in total. The van der Waals surface area contributed by atoms with Crippen LogP contribution in [0.3, 0.4) is 0 Å². The maximum atomic E-state index is 9.26. The fourth-order valence-corrected chi connectivity index (χ4v) is 2.88. The number of nitrogens with two attached hydrogens (primary N) is 1. The number of piperidine rings is 1. The molecule has 0 radical (unpaired) electrons. The zero-order valence-electron chi connectivity index (χ0n) is 10.4. The highest BCUT2D eigenvalue weighted by Gasteiger charge is 2.24. The van der Waals surface area contributed by atoms with Gasteiger partial charge in [0.15, 0.2) is 0 Å². The molecule has 0 spiro atoms. The third-order valence-electron chi connectivity index (χ3n) is 3.54. The minimum atomic E-state index is 0.439. The summed E-state index contributed by atoms with van der Waals surface area (Å²) < 4.78 is 0. The molecule has 1 unspecified atom stereocenters. The molecule has 1 aromatic rings. The molecule has 3 nitrogen and oxygen atoms in total. The predicted molar refractivity (Wildman–Crippen MR) is 74.8 cm³/mol. The molecule has 1 aromatic carbocycles. The summed E-state index contributed by atoms with van der Waals surface area (Å²) in [5.74, 6) is 0. The Balaban J connectivity index is 2.34. The highest BCUT2D eigenvalue weighted by Crippen LogP contribution is 2.32. The van der Waals surface area contributed by atoms with Crippen molar-refractivity contribution in [3.63, 3.8) is 0 Å². The molecule has 0 saturated carbocycles. The monoisotopic (exact) mass is 263 g/mol. The van der Waals surface area contributed by atoms with E-state index >= 15 is 0 Å². The van der Waals surface area contributed by atoms with Crippen LogP contribution in [0.2, 0.25) is 5.02 Å². The molecule has 0 aliphatic carbocycles. The van der Waals surface area contributed by atoms with Crippen LogP contribution in [0.4, 0.5) is 5.69 Å². The highest BCUT2D eigenvalue weighted by molar-refractivity contribution is 6.32. The van der Waals surface area contributed by atoms with Crippen molar-refractivity contribution in [2.45, 2.75) is 31.7 Å². The summed E-state index contributed by atoms with van der Waals surface area (Å²) in [7, 11) is 0. The van der Waals surface area contributed by atoms with Gasteiger partial charge in [-0.3, -0.25) is 0 Å². The average molecular weight is 264 g/mol. The van der Waals surface area contributed by atoms with Crippen LogP contribution in [-0.2, 0) is 0 Å². The van der Waals surface area contributed by atoms with Crippen LogP contribution in [0.1, 0.15) is 31.2 Å². The summed E-state index contributed by atoms with van der Waals surface area (Å²) in [5, 5.41) is 9.79. The second-order valence-corrected chi connectivity index (χ2v) is 5.07. The van der Waals surface area contributed by atoms with Crippen LogP contribution in [0, 0.1) is 11.3 Å². The maximum absolute atomic E-state index is 9.26. The smallest absolute Gasteiger partial charge is 0.103 e. The second kappa shape index (κ2) is 6.08. The first-order chi connectivity index (χ1) is 8.77. The zero-order valence-corrected chi connectivity index (χ0v) is 11.2. The van der Waals surface area contributed by atoms with Crippen LogP contribution in [0.25, 0.3) is 0 Å². The molecule has 1 heterocycles. The lowest BCUT2D eigenvalue weighted by atomic mass is 9.97. The van der Waals surface area contributed by atoms with Gasteiger partial charge in [0.05, 0.1) is 16.3 Å². The third-order valence-corrected chi connectivity index (χ3v) is 3.85. The van der Waals surface area contributed by atoms with E-state index in [0.29, 0.717) is 23.2 Å². The Morgan fingerprint density at radius 2 is 2.28 bits per heavy atom. The Morgan fingerprint density at radius 1 is 1.44 bits per heavy atom. The van der Waals surface area contributed by atoms with Crippen LogP contribution in [-0.4, -0.2) is 19.1 Å². The van der Waals surface area contributed by atoms with Crippen molar-refractivity contribution in [3.05, 3.63) is 28.8 Å². The van der Waals surface area contributed by atoms with E-state index in [4.69, 9.17) is 17.3 Å². The molecule has 1 aliphatic heterocycles. The number of nitrogens with zero attached hydrogens (tertiary/aromatic N) is 2. The van der Waals surface area contributed by atoms with Gasteiger partial charge in [0.1, 0.15) is 6.07 Å². The number of halogens is 1. The standard InChI is InChI=1S/C14H18ClN3/c15-13-5-3-6-14(12(13)10-17)18-9-2-1-4-11(18)7-8-16/h3,5-6,11H,1-2,4,7-9,16H2. The molecule has 1 atom stereocenters. The molecule has 96 valence electrons. The lowest BCUT2D eigenvalue weighted by Gasteiger charge is -2.38. The van der Waals surface area contributed by atoms with E-state index in [1.165, 1.54) is 12.8 Å². The van der Waals surface area contributed by atoms with Gasteiger partial charge in [0.2, 0.25) is 0 Å². The molecule has 1 saturated heterocycles. The first kappa shape index (κ1) is 13.2. The summed E-state index contributed by atoms with van der Waals surface area (Å²) in [6.07, 6.45) is 4.52. The normalized spacial score (nSPS) is 19.6. The minimum absolute atomic E-state index is 0.439. The van der Waals surface area contributed by atoms with E-state index in [1.807, 2.05) is 12.1 Å². The Labute approximate surface area is 113 Å². The molecule has 4 heteroatoms. The number of hydrogen-bond acceptors (Lipinski definition) is 3. The van der Waals surface area contributed by atoms with Gasteiger partial charge >= 0.3 is 0 Å². The Hall–Kier alpha value is -1.24. The number of anilines is 1. The zero-order chi connectivity index (χ0) is 13.0. The molecular formula is C14H18ClN3. The van der Waals surface area contributed by atoms with Crippen LogP contribution in [0.5, 0.6) is 0 Å². The van der Waals surface area contributed by atoms with Crippen molar-refractivity contribution < 1.29 is 0 Å². The van der Waals surface area contributed by atoms with Crippen LogP contribution >= 0.6 is 11.6 Å².